The van der Waals surface area contributed by atoms with E-state index in [0.717, 1.165) is 43.6 Å². The summed E-state index contributed by atoms with van der Waals surface area (Å²) in [5.74, 6) is 2.97. The molecular weight excluding hydrogens is 260 g/mol. The highest BCUT2D eigenvalue weighted by atomic mass is 16.5. The average molecular weight is 290 g/mol. The number of pyridine rings is 1. The van der Waals surface area contributed by atoms with Crippen LogP contribution in [0.25, 0.3) is 0 Å². The monoisotopic (exact) mass is 290 g/mol. The molecule has 1 N–H and O–H groups in total. The topological polar surface area (TPSA) is 34.2 Å². The third-order valence-corrected chi connectivity index (χ3v) is 4.10. The van der Waals surface area contributed by atoms with E-state index >= 15 is 0 Å². The number of nitrogens with zero attached hydrogens (tertiary/aromatic N) is 1. The molecule has 2 unspecified atom stereocenters. The molecule has 1 aliphatic carbocycles. The van der Waals surface area contributed by atoms with Crippen LogP contribution in [0.3, 0.4) is 0 Å². The molecule has 1 aromatic rings. The first kappa shape index (κ1) is 16.3. The molecule has 3 nitrogen and oxygen atoms in total. The molecule has 21 heavy (non-hydrogen) atoms. The molecule has 1 saturated carbocycles. The second-order valence-electron chi connectivity index (χ2n) is 7.18. The van der Waals surface area contributed by atoms with E-state index < -0.39 is 0 Å². The van der Waals surface area contributed by atoms with Gasteiger partial charge >= 0.3 is 0 Å². The summed E-state index contributed by atoms with van der Waals surface area (Å²) in [6.45, 7) is 11.0. The van der Waals surface area contributed by atoms with Crippen LogP contribution in [0.15, 0.2) is 18.3 Å². The Morgan fingerprint density at radius 1 is 1.24 bits per heavy atom. The summed E-state index contributed by atoms with van der Waals surface area (Å²) in [6, 6.07) is 4.14. The maximum absolute atomic E-state index is 6.13. The maximum atomic E-state index is 6.13. The molecule has 1 heterocycles. The van der Waals surface area contributed by atoms with Gasteiger partial charge in [0.2, 0.25) is 5.88 Å². The van der Waals surface area contributed by atoms with Crippen molar-refractivity contribution in [2.45, 2.75) is 59.6 Å². The molecule has 118 valence electrons. The largest absolute Gasteiger partial charge is 0.474 e. The molecule has 0 aliphatic heterocycles. The fourth-order valence-electron chi connectivity index (χ4n) is 3.27. The van der Waals surface area contributed by atoms with Crippen molar-refractivity contribution in [3.8, 4) is 5.88 Å². The first-order valence-electron chi connectivity index (χ1n) is 8.35. The van der Waals surface area contributed by atoms with Crippen LogP contribution in [0.2, 0.25) is 0 Å². The zero-order chi connectivity index (χ0) is 15.2. The molecule has 0 aromatic carbocycles. The number of rotatable bonds is 6. The fraction of sp³-hybridized carbons (Fsp3) is 0.722. The molecule has 2 rings (SSSR count). The lowest BCUT2D eigenvalue weighted by molar-refractivity contribution is 0.0966. The molecule has 0 spiro atoms. The van der Waals surface area contributed by atoms with E-state index in [1.54, 1.807) is 0 Å². The van der Waals surface area contributed by atoms with Crippen molar-refractivity contribution < 1.29 is 4.74 Å². The number of aromatic nitrogens is 1. The van der Waals surface area contributed by atoms with E-state index in [2.05, 4.69) is 50.1 Å². The zero-order valence-electron chi connectivity index (χ0n) is 13.9. The van der Waals surface area contributed by atoms with E-state index in [-0.39, 0.29) is 0 Å². The zero-order valence-corrected chi connectivity index (χ0v) is 13.9. The molecule has 0 amide bonds. The van der Waals surface area contributed by atoms with E-state index in [0.29, 0.717) is 12.0 Å². The molecule has 2 atom stereocenters. The van der Waals surface area contributed by atoms with Gasteiger partial charge in [-0.1, -0.05) is 27.7 Å². The highest BCUT2D eigenvalue weighted by Crippen LogP contribution is 2.30. The van der Waals surface area contributed by atoms with E-state index in [9.17, 15) is 0 Å². The van der Waals surface area contributed by atoms with E-state index in [4.69, 9.17) is 4.74 Å². The summed E-state index contributed by atoms with van der Waals surface area (Å²) < 4.78 is 6.13. The Labute approximate surface area is 129 Å². The second kappa shape index (κ2) is 7.79. The lowest BCUT2D eigenvalue weighted by Crippen LogP contribution is -2.28. The normalized spacial score (nSPS) is 26.0. The van der Waals surface area contributed by atoms with Crippen molar-refractivity contribution in [3.05, 3.63) is 23.9 Å². The summed E-state index contributed by atoms with van der Waals surface area (Å²) in [4.78, 5) is 4.38. The summed E-state index contributed by atoms with van der Waals surface area (Å²) in [5.41, 5.74) is 1.25. The average Bonchev–Trinajstić information content (AvgIpc) is 2.37. The van der Waals surface area contributed by atoms with Crippen molar-refractivity contribution in [2.24, 2.45) is 17.8 Å². The van der Waals surface area contributed by atoms with Gasteiger partial charge in [0.1, 0.15) is 6.10 Å². The number of ether oxygens (including phenoxy) is 1. The van der Waals surface area contributed by atoms with Gasteiger partial charge in [-0.3, -0.25) is 0 Å². The summed E-state index contributed by atoms with van der Waals surface area (Å²) in [5, 5.41) is 3.46. The van der Waals surface area contributed by atoms with Crippen LogP contribution < -0.4 is 10.1 Å². The predicted molar refractivity (Wildman–Crippen MR) is 87.4 cm³/mol. The standard InChI is InChI=1S/C18H30N2O/c1-13(2)11-19-12-16-5-6-20-18(10-16)21-17-8-14(3)7-15(4)9-17/h5-6,10,13-15,17,19H,7-9,11-12H2,1-4H3. The van der Waals surface area contributed by atoms with E-state index in [1.165, 1.54) is 12.0 Å². The molecule has 0 saturated heterocycles. The number of hydrogen-bond acceptors (Lipinski definition) is 3. The van der Waals surface area contributed by atoms with Crippen LogP contribution in [-0.2, 0) is 6.54 Å². The number of hydrogen-bond donors (Lipinski definition) is 1. The second-order valence-corrected chi connectivity index (χ2v) is 7.18. The van der Waals surface area contributed by atoms with Crippen LogP contribution in [0.4, 0.5) is 0 Å². The maximum Gasteiger partial charge on any atom is 0.213 e. The Balaban J connectivity index is 1.88. The molecule has 1 fully saturated rings. The minimum absolute atomic E-state index is 0.329. The molecule has 0 radical (unpaired) electrons. The minimum atomic E-state index is 0.329. The van der Waals surface area contributed by atoms with Crippen LogP contribution >= 0.6 is 0 Å². The SMILES string of the molecule is CC(C)CNCc1ccnc(OC2CC(C)CC(C)C2)c1. The van der Waals surface area contributed by atoms with Crippen molar-refractivity contribution in [2.75, 3.05) is 6.54 Å². The van der Waals surface area contributed by atoms with Crippen LogP contribution in [0.1, 0.15) is 52.5 Å². The minimum Gasteiger partial charge on any atom is -0.474 e. The smallest absolute Gasteiger partial charge is 0.213 e. The summed E-state index contributed by atoms with van der Waals surface area (Å²) in [7, 11) is 0. The lowest BCUT2D eigenvalue weighted by Gasteiger charge is -2.31. The Kier molecular flexibility index (Phi) is 6.04. The quantitative estimate of drug-likeness (QED) is 0.859. The summed E-state index contributed by atoms with van der Waals surface area (Å²) in [6.07, 6.45) is 5.82. The Bertz CT molecular complexity index is 423. The first-order chi connectivity index (χ1) is 10.0. The Hall–Kier alpha value is -1.09. The van der Waals surface area contributed by atoms with E-state index in [1.807, 2.05) is 6.20 Å². The first-order valence-corrected chi connectivity index (χ1v) is 8.35. The van der Waals surface area contributed by atoms with Gasteiger partial charge in [0.25, 0.3) is 0 Å². The van der Waals surface area contributed by atoms with Crippen molar-refractivity contribution >= 4 is 0 Å². The van der Waals surface area contributed by atoms with Crippen molar-refractivity contribution in [1.82, 2.24) is 10.3 Å². The lowest BCUT2D eigenvalue weighted by atomic mass is 9.82. The van der Waals surface area contributed by atoms with Crippen LogP contribution in [0, 0.1) is 17.8 Å². The van der Waals surface area contributed by atoms with Crippen molar-refractivity contribution in [3.63, 3.8) is 0 Å². The third kappa shape index (κ3) is 5.66. The molecule has 0 bridgehead atoms. The molecule has 1 aromatic heterocycles. The van der Waals surface area contributed by atoms with Gasteiger partial charge in [-0.05, 0) is 55.2 Å². The molecule has 1 aliphatic rings. The molecular formula is C18H30N2O. The van der Waals surface area contributed by atoms with Gasteiger partial charge in [-0.15, -0.1) is 0 Å². The van der Waals surface area contributed by atoms with Crippen molar-refractivity contribution in [1.29, 1.82) is 0 Å². The Morgan fingerprint density at radius 3 is 2.62 bits per heavy atom. The highest BCUT2D eigenvalue weighted by Gasteiger charge is 2.25. The number of nitrogens with one attached hydrogen (secondary N) is 1. The van der Waals surface area contributed by atoms with Gasteiger partial charge in [0.05, 0.1) is 0 Å². The predicted octanol–water partition coefficient (Wildman–Crippen LogP) is 4.03. The van der Waals surface area contributed by atoms with Gasteiger partial charge in [-0.2, -0.15) is 0 Å². The molecule has 3 heteroatoms. The van der Waals surface area contributed by atoms with Gasteiger partial charge in [-0.25, -0.2) is 4.98 Å². The third-order valence-electron chi connectivity index (χ3n) is 4.10. The van der Waals surface area contributed by atoms with Crippen LogP contribution in [0.5, 0.6) is 5.88 Å². The van der Waals surface area contributed by atoms with Gasteiger partial charge < -0.3 is 10.1 Å². The summed E-state index contributed by atoms with van der Waals surface area (Å²) >= 11 is 0. The fourth-order valence-corrected chi connectivity index (χ4v) is 3.27. The van der Waals surface area contributed by atoms with Gasteiger partial charge in [0, 0.05) is 18.8 Å². The Morgan fingerprint density at radius 2 is 1.95 bits per heavy atom. The van der Waals surface area contributed by atoms with Gasteiger partial charge in [0.15, 0.2) is 0 Å². The van der Waals surface area contributed by atoms with Crippen LogP contribution in [-0.4, -0.2) is 17.6 Å². The highest BCUT2D eigenvalue weighted by molar-refractivity contribution is 5.20.